The summed E-state index contributed by atoms with van der Waals surface area (Å²) in [5.74, 6) is 1.10. The lowest BCUT2D eigenvalue weighted by Crippen LogP contribution is -2.46. The molecular weight excluding hydrogens is 412 g/mol. The summed E-state index contributed by atoms with van der Waals surface area (Å²) in [7, 11) is 0. The number of piperidine rings is 1. The third kappa shape index (κ3) is 4.37. The molecule has 0 aromatic carbocycles. The van der Waals surface area contributed by atoms with Gasteiger partial charge in [-0.25, -0.2) is 28.2 Å². The summed E-state index contributed by atoms with van der Waals surface area (Å²) in [6.45, 7) is 3.68. The van der Waals surface area contributed by atoms with Crippen LogP contribution in [-0.2, 0) is 11.4 Å². The van der Waals surface area contributed by atoms with Crippen LogP contribution in [0.3, 0.4) is 0 Å². The number of hydrogen-bond acceptors (Lipinski definition) is 7. The van der Waals surface area contributed by atoms with Crippen molar-refractivity contribution in [3.8, 4) is 11.4 Å². The highest BCUT2D eigenvalue weighted by Crippen LogP contribution is 2.27. The lowest BCUT2D eigenvalue weighted by Gasteiger charge is -2.36. The minimum Gasteiger partial charge on any atom is -0.598 e. The molecule has 1 aliphatic rings. The third-order valence-corrected chi connectivity index (χ3v) is 6.07. The Morgan fingerprint density at radius 1 is 1.27 bits per heavy atom. The SMILES string of the molecule is CC(N[S+](C)[O-])C1CCCN(c2cc(-c3cnc4ccc(C(F)F)nn34)ncn2)C1. The molecule has 8 nitrogen and oxygen atoms in total. The predicted octanol–water partition coefficient (Wildman–Crippen LogP) is 2.61. The van der Waals surface area contributed by atoms with Gasteiger partial charge in [0.25, 0.3) is 6.43 Å². The molecule has 0 saturated carbocycles. The number of hydrogen-bond donors (Lipinski definition) is 1. The second-order valence-electron chi connectivity index (χ2n) is 7.44. The minimum absolute atomic E-state index is 0.121. The number of imidazole rings is 1. The van der Waals surface area contributed by atoms with Crippen LogP contribution < -0.4 is 9.62 Å². The van der Waals surface area contributed by atoms with Gasteiger partial charge in [-0.15, -0.1) is 4.72 Å². The standard InChI is InChI=1S/C19H23F2N7OS/c1-12(26-30(2)29)13-4-3-7-27(10-13)18-8-15(23-11-24-18)16-9-22-17-6-5-14(19(20)21)25-28(16)17/h5-6,8-9,11-13,19,26H,3-4,7,10H2,1-2H3. The van der Waals surface area contributed by atoms with Crippen LogP contribution in [-0.4, -0.2) is 54.5 Å². The lowest BCUT2D eigenvalue weighted by atomic mass is 9.92. The Balaban J connectivity index is 1.60. The van der Waals surface area contributed by atoms with Crippen LogP contribution in [0, 0.1) is 5.92 Å². The van der Waals surface area contributed by atoms with E-state index >= 15 is 0 Å². The van der Waals surface area contributed by atoms with Crippen molar-refractivity contribution in [3.63, 3.8) is 0 Å². The molecular formula is C19H23F2N7OS. The van der Waals surface area contributed by atoms with Gasteiger partial charge in [-0.1, -0.05) is 0 Å². The van der Waals surface area contributed by atoms with Crippen molar-refractivity contribution in [3.05, 3.63) is 36.4 Å². The number of rotatable bonds is 6. The molecule has 3 aromatic rings. The molecule has 11 heteroatoms. The van der Waals surface area contributed by atoms with Crippen molar-refractivity contribution in [2.45, 2.75) is 32.2 Å². The summed E-state index contributed by atoms with van der Waals surface area (Å²) in [5.41, 5.74) is 1.25. The zero-order valence-electron chi connectivity index (χ0n) is 16.7. The fourth-order valence-electron chi connectivity index (χ4n) is 3.82. The van der Waals surface area contributed by atoms with E-state index in [0.717, 1.165) is 31.7 Å². The number of fused-ring (bicyclic) bond motifs is 1. The van der Waals surface area contributed by atoms with E-state index in [1.165, 1.54) is 23.0 Å². The van der Waals surface area contributed by atoms with Crippen molar-refractivity contribution in [1.82, 2.24) is 29.3 Å². The van der Waals surface area contributed by atoms with E-state index in [9.17, 15) is 13.3 Å². The Morgan fingerprint density at radius 3 is 2.87 bits per heavy atom. The molecule has 0 bridgehead atoms. The first-order chi connectivity index (χ1) is 14.4. The van der Waals surface area contributed by atoms with E-state index in [1.54, 1.807) is 12.5 Å². The fourth-order valence-corrected chi connectivity index (χ4v) is 4.54. The molecule has 3 atom stereocenters. The van der Waals surface area contributed by atoms with Crippen molar-refractivity contribution in [1.29, 1.82) is 0 Å². The largest absolute Gasteiger partial charge is 0.598 e. The van der Waals surface area contributed by atoms with Crippen LogP contribution >= 0.6 is 0 Å². The molecule has 3 aromatic heterocycles. The normalized spacial score (nSPS) is 19.4. The van der Waals surface area contributed by atoms with Gasteiger partial charge in [-0.2, -0.15) is 5.10 Å². The maximum atomic E-state index is 13.1. The summed E-state index contributed by atoms with van der Waals surface area (Å²) < 4.78 is 42.1. The first-order valence-electron chi connectivity index (χ1n) is 9.72. The molecule has 0 radical (unpaired) electrons. The van der Waals surface area contributed by atoms with E-state index in [1.807, 2.05) is 13.0 Å². The van der Waals surface area contributed by atoms with Gasteiger partial charge < -0.3 is 9.45 Å². The lowest BCUT2D eigenvalue weighted by molar-refractivity contribution is 0.144. The first-order valence-corrected chi connectivity index (χ1v) is 11.3. The topological polar surface area (TPSA) is 94.3 Å². The van der Waals surface area contributed by atoms with Gasteiger partial charge in [0, 0.05) is 30.5 Å². The van der Waals surface area contributed by atoms with E-state index < -0.39 is 17.8 Å². The van der Waals surface area contributed by atoms with Crippen LogP contribution in [0.2, 0.25) is 0 Å². The Bertz CT molecular complexity index is 1020. The maximum absolute atomic E-state index is 13.1. The van der Waals surface area contributed by atoms with Crippen molar-refractivity contribution < 1.29 is 13.3 Å². The van der Waals surface area contributed by atoms with Gasteiger partial charge in [-0.05, 0) is 37.8 Å². The highest BCUT2D eigenvalue weighted by atomic mass is 32.2. The van der Waals surface area contributed by atoms with Crippen LogP contribution in [0.4, 0.5) is 14.6 Å². The second kappa shape index (κ2) is 8.78. The van der Waals surface area contributed by atoms with Crippen molar-refractivity contribution in [2.24, 2.45) is 5.92 Å². The van der Waals surface area contributed by atoms with Gasteiger partial charge in [-0.3, -0.25) is 0 Å². The molecule has 4 rings (SSSR count). The Hall–Kier alpha value is -2.37. The third-order valence-electron chi connectivity index (χ3n) is 5.36. The van der Waals surface area contributed by atoms with Crippen LogP contribution in [0.15, 0.2) is 30.7 Å². The van der Waals surface area contributed by atoms with Gasteiger partial charge in [0.15, 0.2) is 5.65 Å². The number of anilines is 1. The van der Waals surface area contributed by atoms with Crippen molar-refractivity contribution >= 4 is 22.8 Å². The van der Waals surface area contributed by atoms with E-state index in [4.69, 9.17) is 0 Å². The Kier molecular flexibility index (Phi) is 6.11. The maximum Gasteiger partial charge on any atom is 0.282 e. The van der Waals surface area contributed by atoms with Gasteiger partial charge in [0.1, 0.15) is 29.8 Å². The van der Waals surface area contributed by atoms with Crippen LogP contribution in [0.5, 0.6) is 0 Å². The summed E-state index contributed by atoms with van der Waals surface area (Å²) >= 11 is -1.06. The Morgan fingerprint density at radius 2 is 2.10 bits per heavy atom. The smallest absolute Gasteiger partial charge is 0.282 e. The molecule has 160 valence electrons. The zero-order valence-corrected chi connectivity index (χ0v) is 17.5. The summed E-state index contributed by atoms with van der Waals surface area (Å²) in [6.07, 6.45) is 4.06. The van der Waals surface area contributed by atoms with Gasteiger partial charge in [0.2, 0.25) is 0 Å². The average molecular weight is 436 g/mol. The molecule has 0 spiro atoms. The van der Waals surface area contributed by atoms with Gasteiger partial charge in [0.05, 0.1) is 17.9 Å². The highest BCUT2D eigenvalue weighted by Gasteiger charge is 2.27. The van der Waals surface area contributed by atoms with Crippen LogP contribution in [0.25, 0.3) is 17.0 Å². The quantitative estimate of drug-likeness (QED) is 0.595. The Labute approximate surface area is 176 Å². The fraction of sp³-hybridized carbons (Fsp3) is 0.474. The zero-order chi connectivity index (χ0) is 21.3. The molecule has 0 amide bonds. The summed E-state index contributed by atoms with van der Waals surface area (Å²) in [5, 5.41) is 4.01. The number of nitrogens with zero attached hydrogens (tertiary/aromatic N) is 6. The van der Waals surface area contributed by atoms with E-state index in [2.05, 4.69) is 29.7 Å². The molecule has 4 heterocycles. The number of aromatic nitrogens is 5. The molecule has 3 unspecified atom stereocenters. The monoisotopic (exact) mass is 435 g/mol. The van der Waals surface area contributed by atoms with Crippen molar-refractivity contribution in [2.75, 3.05) is 24.2 Å². The molecule has 1 saturated heterocycles. The minimum atomic E-state index is -2.66. The first kappa shape index (κ1) is 20.9. The molecule has 0 aliphatic carbocycles. The molecule has 1 N–H and O–H groups in total. The molecule has 1 aliphatic heterocycles. The van der Waals surface area contributed by atoms with Crippen LogP contribution in [0.1, 0.15) is 31.9 Å². The summed E-state index contributed by atoms with van der Waals surface area (Å²) in [6, 6.07) is 4.74. The molecule has 1 fully saturated rings. The number of alkyl halides is 2. The number of nitrogens with one attached hydrogen (secondary N) is 1. The summed E-state index contributed by atoms with van der Waals surface area (Å²) in [4.78, 5) is 15.2. The average Bonchev–Trinajstić information content (AvgIpc) is 3.16. The predicted molar refractivity (Wildman–Crippen MR) is 111 cm³/mol. The van der Waals surface area contributed by atoms with E-state index in [0.29, 0.717) is 23.0 Å². The van der Waals surface area contributed by atoms with E-state index in [-0.39, 0.29) is 11.7 Å². The molecule has 30 heavy (non-hydrogen) atoms. The van der Waals surface area contributed by atoms with Gasteiger partial charge >= 0.3 is 0 Å². The number of halogens is 2. The second-order valence-corrected chi connectivity index (χ2v) is 8.59. The highest BCUT2D eigenvalue weighted by molar-refractivity contribution is 7.88.